The van der Waals surface area contributed by atoms with Crippen molar-refractivity contribution in [2.45, 2.75) is 40.0 Å². The van der Waals surface area contributed by atoms with E-state index in [2.05, 4.69) is 5.32 Å². The molecule has 2 aliphatic rings. The zero-order valence-corrected chi connectivity index (χ0v) is 12.1. The molecule has 98 valence electrons. The van der Waals surface area contributed by atoms with E-state index in [1.165, 1.54) is 32.4 Å². The van der Waals surface area contributed by atoms with E-state index in [1.807, 2.05) is 20.8 Å². The van der Waals surface area contributed by atoms with E-state index >= 15 is 0 Å². The Morgan fingerprint density at radius 3 is 1.25 bits per heavy atom. The normalized spacial score (nSPS) is 15.8. The molecule has 1 aliphatic heterocycles. The van der Waals surface area contributed by atoms with Gasteiger partial charge in [0.2, 0.25) is 0 Å². The summed E-state index contributed by atoms with van der Waals surface area (Å²) in [6, 6.07) is 0. The summed E-state index contributed by atoms with van der Waals surface area (Å²) in [7, 11) is -1.73. The molecule has 1 aliphatic carbocycles. The third-order valence-corrected chi connectivity index (χ3v) is 3.33. The lowest BCUT2D eigenvalue weighted by atomic mass is 10.9. The van der Waals surface area contributed by atoms with E-state index in [-0.39, 0.29) is 0 Å². The van der Waals surface area contributed by atoms with Gasteiger partial charge in [-0.1, -0.05) is 19.3 Å². The van der Waals surface area contributed by atoms with Gasteiger partial charge in [-0.15, -0.1) is 0 Å². The zero-order valence-electron chi connectivity index (χ0n) is 11.0. The van der Waals surface area contributed by atoms with Gasteiger partial charge in [0.25, 0.3) is 0 Å². The van der Waals surface area contributed by atoms with Crippen LogP contribution in [0.5, 0.6) is 0 Å². The van der Waals surface area contributed by atoms with Crippen molar-refractivity contribution in [2.75, 3.05) is 32.9 Å². The van der Waals surface area contributed by atoms with Crippen molar-refractivity contribution in [3.8, 4) is 0 Å². The Morgan fingerprint density at radius 1 is 0.812 bits per heavy atom. The van der Waals surface area contributed by atoms with Crippen LogP contribution in [-0.4, -0.2) is 42.4 Å². The molecule has 5 heteroatoms. The van der Waals surface area contributed by atoms with Crippen LogP contribution in [0.15, 0.2) is 0 Å². The van der Waals surface area contributed by atoms with Crippen LogP contribution < -0.4 is 5.32 Å². The monoisotopic (exact) mass is 249 g/mol. The van der Waals surface area contributed by atoms with Crippen molar-refractivity contribution < 1.29 is 13.3 Å². The van der Waals surface area contributed by atoms with E-state index < -0.39 is 9.53 Å². The van der Waals surface area contributed by atoms with Gasteiger partial charge in [-0.05, 0) is 20.8 Å². The first-order valence-corrected chi connectivity index (χ1v) is 7.82. The lowest BCUT2D eigenvalue weighted by Crippen LogP contribution is -2.27. The van der Waals surface area contributed by atoms with Gasteiger partial charge in [-0.2, -0.15) is 0 Å². The van der Waals surface area contributed by atoms with Crippen molar-refractivity contribution in [3.63, 3.8) is 0 Å². The molecule has 16 heavy (non-hydrogen) atoms. The second kappa shape index (κ2) is 13.1. The molecular weight excluding hydrogens is 222 g/mol. The van der Waals surface area contributed by atoms with E-state index in [1.54, 1.807) is 0 Å². The largest absolute Gasteiger partial charge is 0.484 e. The van der Waals surface area contributed by atoms with Crippen LogP contribution in [0.1, 0.15) is 40.0 Å². The summed E-state index contributed by atoms with van der Waals surface area (Å²) in [5.74, 6) is 0. The molecule has 0 aromatic rings. The highest BCUT2D eigenvalue weighted by molar-refractivity contribution is 6.36. The molecule has 0 amide bonds. The fourth-order valence-electron chi connectivity index (χ4n) is 0.553. The number of rotatable bonds is 6. The van der Waals surface area contributed by atoms with E-state index in [0.717, 1.165) is 0 Å². The maximum Gasteiger partial charge on any atom is 0.484 e. The molecule has 0 spiro atoms. The predicted octanol–water partition coefficient (Wildman–Crippen LogP) is 1.57. The van der Waals surface area contributed by atoms with Gasteiger partial charge in [0, 0.05) is 32.9 Å². The maximum absolute atomic E-state index is 5.22. The molecule has 0 aromatic carbocycles. The van der Waals surface area contributed by atoms with Crippen LogP contribution in [0.2, 0.25) is 0 Å². The smallest absolute Gasteiger partial charge is 0.376 e. The fraction of sp³-hybridized carbons (Fsp3) is 1.00. The highest BCUT2D eigenvalue weighted by Gasteiger charge is 2.11. The molecule has 0 aromatic heterocycles. The lowest BCUT2D eigenvalue weighted by molar-refractivity contribution is 0.107. The minimum atomic E-state index is -1.73. The predicted molar refractivity (Wildman–Crippen MR) is 68.7 cm³/mol. The standard InChI is InChI=1S/C6H16O3Si.C3H6.C2H5N/c1-4-7-10(8-5-2)9-6-3;2*1-2-3-1/h10H,4-6H2,1-3H3;1-3H2;3H,1-2H2. The van der Waals surface area contributed by atoms with Crippen LogP contribution in [0.3, 0.4) is 0 Å². The summed E-state index contributed by atoms with van der Waals surface area (Å²) < 4.78 is 15.7. The van der Waals surface area contributed by atoms with Crippen LogP contribution in [0.25, 0.3) is 0 Å². The Labute approximate surface area is 102 Å². The van der Waals surface area contributed by atoms with Gasteiger partial charge in [-0.3, -0.25) is 0 Å². The van der Waals surface area contributed by atoms with Crippen molar-refractivity contribution in [2.24, 2.45) is 0 Å². The van der Waals surface area contributed by atoms with Crippen molar-refractivity contribution in [1.82, 2.24) is 5.32 Å². The SMILES string of the molecule is C1CC1.C1CN1.CCO[SiH](OCC)OCC. The van der Waals surface area contributed by atoms with Gasteiger partial charge in [0.05, 0.1) is 0 Å². The minimum Gasteiger partial charge on any atom is -0.376 e. The Hall–Kier alpha value is 0.0569. The third-order valence-electron chi connectivity index (χ3n) is 1.51. The first-order valence-electron chi connectivity index (χ1n) is 6.40. The van der Waals surface area contributed by atoms with Gasteiger partial charge in [-0.25, -0.2) is 0 Å². The summed E-state index contributed by atoms with van der Waals surface area (Å²) in [4.78, 5) is 0. The molecule has 0 atom stereocenters. The molecule has 2 rings (SSSR count). The first kappa shape index (κ1) is 16.1. The quantitative estimate of drug-likeness (QED) is 0.573. The van der Waals surface area contributed by atoms with E-state index in [4.69, 9.17) is 13.3 Å². The molecule has 4 nitrogen and oxygen atoms in total. The van der Waals surface area contributed by atoms with Crippen molar-refractivity contribution in [3.05, 3.63) is 0 Å². The summed E-state index contributed by atoms with van der Waals surface area (Å²) in [5, 5.41) is 3.00. The van der Waals surface area contributed by atoms with Crippen molar-refractivity contribution in [1.29, 1.82) is 0 Å². The number of nitrogens with one attached hydrogen (secondary N) is 1. The minimum absolute atomic E-state index is 0.677. The molecule has 2 fully saturated rings. The zero-order chi connectivity index (χ0) is 12.1. The van der Waals surface area contributed by atoms with Crippen LogP contribution in [-0.2, 0) is 13.3 Å². The Kier molecular flexibility index (Phi) is 13.2. The summed E-state index contributed by atoms with van der Waals surface area (Å²) in [5.41, 5.74) is 0. The third kappa shape index (κ3) is 19.6. The highest BCUT2D eigenvalue weighted by atomic mass is 28.3. The number of hydrogen-bond acceptors (Lipinski definition) is 4. The highest BCUT2D eigenvalue weighted by Crippen LogP contribution is 2.14. The molecule has 1 heterocycles. The molecule has 0 unspecified atom stereocenters. The van der Waals surface area contributed by atoms with Gasteiger partial charge >= 0.3 is 9.53 Å². The summed E-state index contributed by atoms with van der Waals surface area (Å²) >= 11 is 0. The second-order valence-electron chi connectivity index (χ2n) is 3.47. The van der Waals surface area contributed by atoms with E-state index in [0.29, 0.717) is 19.8 Å². The van der Waals surface area contributed by atoms with E-state index in [9.17, 15) is 0 Å². The first-order chi connectivity index (χ1) is 7.85. The molecule has 0 radical (unpaired) electrons. The Balaban J connectivity index is 0.000000294. The summed E-state index contributed by atoms with van der Waals surface area (Å²) in [6.45, 7) is 10.4. The van der Waals surface area contributed by atoms with Gasteiger partial charge in [0.1, 0.15) is 0 Å². The van der Waals surface area contributed by atoms with Gasteiger partial charge < -0.3 is 18.6 Å². The Bertz CT molecular complexity index is 109. The average molecular weight is 249 g/mol. The molecule has 1 saturated carbocycles. The molecule has 1 N–H and O–H groups in total. The summed E-state index contributed by atoms with van der Waals surface area (Å²) in [6.07, 6.45) is 4.50. The van der Waals surface area contributed by atoms with Crippen LogP contribution >= 0.6 is 0 Å². The van der Waals surface area contributed by atoms with Crippen LogP contribution in [0.4, 0.5) is 0 Å². The van der Waals surface area contributed by atoms with Gasteiger partial charge in [0.15, 0.2) is 0 Å². The molecule has 1 saturated heterocycles. The lowest BCUT2D eigenvalue weighted by Gasteiger charge is -2.12. The number of hydrogen-bond donors (Lipinski definition) is 1. The average Bonchev–Trinajstić information content (AvgIpc) is 3.11. The Morgan fingerprint density at radius 2 is 1.12 bits per heavy atom. The van der Waals surface area contributed by atoms with Crippen LogP contribution in [0, 0.1) is 0 Å². The molecule has 0 bridgehead atoms. The molecular formula is C11H27NO3Si. The fourth-order valence-corrected chi connectivity index (χ4v) is 1.66. The maximum atomic E-state index is 5.22. The topological polar surface area (TPSA) is 49.6 Å². The van der Waals surface area contributed by atoms with Crippen molar-refractivity contribution >= 4 is 9.53 Å². The second-order valence-corrected chi connectivity index (χ2v) is 5.04.